The quantitative estimate of drug-likeness (QED) is 0.693. The van der Waals surface area contributed by atoms with Gasteiger partial charge in [-0.15, -0.1) is 0 Å². The van der Waals surface area contributed by atoms with Gasteiger partial charge in [-0.3, -0.25) is 4.79 Å². The fourth-order valence-corrected chi connectivity index (χ4v) is 1.26. The minimum atomic E-state index is -1.27. The second kappa shape index (κ2) is 4.31. The van der Waals surface area contributed by atoms with E-state index in [2.05, 4.69) is 0 Å². The molecule has 4 nitrogen and oxygen atoms in total. The maximum Gasteiger partial charge on any atom is 0.323 e. The van der Waals surface area contributed by atoms with Gasteiger partial charge in [-0.1, -0.05) is 12.1 Å². The molecule has 0 radical (unpaired) electrons. The average Bonchev–Trinajstić information content (AvgIpc) is 2.20. The standard InChI is InChI=1S/C11H15NO3/c1-11(12-2,10(14)15)7-8-3-5-9(13)6-4-8/h3-6,12-13H,7H2,1-2H3,(H,14,15)/t11-/m0/s1/i/hD. The normalized spacial score (nSPS) is 15.8. The number of likely N-dealkylation sites (N-methyl/N-ethyl adjacent to an activating group) is 1. The number of aromatic hydroxyl groups is 1. The third kappa shape index (κ3) is 2.70. The van der Waals surface area contributed by atoms with Crippen LogP contribution in [0.4, 0.5) is 0 Å². The molecule has 0 heterocycles. The number of hydrogen-bond donors (Lipinski definition) is 3. The highest BCUT2D eigenvalue weighted by Crippen LogP contribution is 2.16. The van der Waals surface area contributed by atoms with Crippen LogP contribution in [0.1, 0.15) is 12.5 Å². The number of carbonyl (C=O) groups is 1. The summed E-state index contributed by atoms with van der Waals surface area (Å²) in [5.41, 5.74) is -0.501. The van der Waals surface area contributed by atoms with Crippen molar-refractivity contribution in [3.05, 3.63) is 29.8 Å². The third-order valence-electron chi connectivity index (χ3n) is 2.44. The molecular formula is C11H15NO3. The first-order chi connectivity index (χ1) is 7.36. The minimum Gasteiger partial charge on any atom is -0.508 e. The summed E-state index contributed by atoms with van der Waals surface area (Å²) >= 11 is 0. The number of nitrogens with one attached hydrogen (secondary N) is 1. The van der Waals surface area contributed by atoms with E-state index in [1.54, 1.807) is 12.1 Å². The Kier molecular flexibility index (Phi) is 2.87. The van der Waals surface area contributed by atoms with E-state index in [0.717, 1.165) is 10.9 Å². The first-order valence-electron chi connectivity index (χ1n) is 5.05. The molecule has 0 bridgehead atoms. The van der Waals surface area contributed by atoms with Gasteiger partial charge in [0.2, 0.25) is 0 Å². The monoisotopic (exact) mass is 210 g/mol. The first kappa shape index (κ1) is 9.98. The van der Waals surface area contributed by atoms with Crippen LogP contribution in [-0.2, 0) is 11.2 Å². The zero-order valence-electron chi connectivity index (χ0n) is 9.77. The van der Waals surface area contributed by atoms with Crippen LogP contribution >= 0.6 is 0 Å². The number of phenolic OH excluding ortho intramolecular Hbond substituents is 1. The molecule has 0 fully saturated rings. The van der Waals surface area contributed by atoms with E-state index in [-0.39, 0.29) is 12.2 Å². The van der Waals surface area contributed by atoms with Crippen LogP contribution in [-0.4, -0.2) is 28.8 Å². The van der Waals surface area contributed by atoms with Crippen molar-refractivity contribution >= 4 is 5.97 Å². The van der Waals surface area contributed by atoms with Crippen LogP contribution in [0.3, 0.4) is 0 Å². The van der Waals surface area contributed by atoms with Crippen LogP contribution < -0.4 is 5.31 Å². The van der Waals surface area contributed by atoms with Crippen LogP contribution in [0.5, 0.6) is 5.75 Å². The molecule has 1 rings (SSSR count). The lowest BCUT2D eigenvalue weighted by Crippen LogP contribution is -2.49. The smallest absolute Gasteiger partial charge is 0.323 e. The summed E-state index contributed by atoms with van der Waals surface area (Å²) in [6.07, 6.45) is 0.211. The molecule has 0 aliphatic rings. The maximum absolute atomic E-state index is 11.1. The van der Waals surface area contributed by atoms with Gasteiger partial charge in [-0.25, -0.2) is 0 Å². The van der Waals surface area contributed by atoms with Gasteiger partial charge in [0, 0.05) is 6.42 Å². The molecule has 0 amide bonds. The lowest BCUT2D eigenvalue weighted by Gasteiger charge is -2.24. The first-order valence-corrected chi connectivity index (χ1v) is 4.60. The molecule has 4 heteroatoms. The van der Waals surface area contributed by atoms with Crippen molar-refractivity contribution in [1.29, 1.82) is 0 Å². The molecule has 0 saturated heterocycles. The predicted octanol–water partition coefficient (Wildman–Crippen LogP) is 0.997. The lowest BCUT2D eigenvalue weighted by atomic mass is 9.93. The van der Waals surface area contributed by atoms with Gasteiger partial charge in [0.1, 0.15) is 12.7 Å². The predicted molar refractivity (Wildman–Crippen MR) is 56.9 cm³/mol. The molecule has 1 aromatic carbocycles. The Morgan fingerprint density at radius 2 is 2.07 bits per heavy atom. The molecule has 0 aromatic heterocycles. The zero-order chi connectivity index (χ0) is 12.3. The lowest BCUT2D eigenvalue weighted by molar-refractivity contribution is -0.143. The molecule has 0 unspecified atom stereocenters. The number of phenols is 1. The maximum atomic E-state index is 11.1. The van der Waals surface area contributed by atoms with Gasteiger partial charge in [0.25, 0.3) is 0 Å². The van der Waals surface area contributed by atoms with Crippen molar-refractivity contribution in [2.24, 2.45) is 0 Å². The Morgan fingerprint density at radius 3 is 2.47 bits per heavy atom. The Morgan fingerprint density at radius 1 is 1.53 bits per heavy atom. The van der Waals surface area contributed by atoms with Crippen molar-refractivity contribution in [2.75, 3.05) is 7.05 Å². The molecule has 0 aliphatic carbocycles. The molecule has 0 saturated carbocycles. The van der Waals surface area contributed by atoms with E-state index in [4.69, 9.17) is 11.6 Å². The van der Waals surface area contributed by atoms with Gasteiger partial charge < -0.3 is 15.5 Å². The molecule has 3 N–H and O–H groups in total. The van der Waals surface area contributed by atoms with E-state index in [0.29, 0.717) is 0 Å². The van der Waals surface area contributed by atoms with Crippen molar-refractivity contribution in [3.63, 3.8) is 0 Å². The van der Waals surface area contributed by atoms with Gasteiger partial charge in [-0.2, -0.15) is 0 Å². The van der Waals surface area contributed by atoms with E-state index >= 15 is 0 Å². The Hall–Kier alpha value is -1.55. The molecule has 15 heavy (non-hydrogen) atoms. The van der Waals surface area contributed by atoms with E-state index in [1.807, 2.05) is 0 Å². The summed E-state index contributed by atoms with van der Waals surface area (Å²) in [5.74, 6) is -0.905. The van der Waals surface area contributed by atoms with E-state index < -0.39 is 11.5 Å². The summed E-state index contributed by atoms with van der Waals surface area (Å²) in [5, 5.41) is 19.2. The number of carboxylic acid groups (broad SMARTS) is 1. The number of benzene rings is 1. The SMILES string of the molecule is [2H]N(C)[C@@](C)(Cc1ccc(O)cc1)C(=O)O. The van der Waals surface area contributed by atoms with Gasteiger partial charge in [0.05, 0.1) is 0 Å². The topological polar surface area (TPSA) is 69.6 Å². The molecule has 1 atom stereocenters. The van der Waals surface area contributed by atoms with Gasteiger partial charge in [-0.05, 0) is 31.7 Å². The van der Waals surface area contributed by atoms with Crippen molar-refractivity contribution in [3.8, 4) is 5.75 Å². The molecule has 0 aliphatic heterocycles. The molecule has 82 valence electrons. The fourth-order valence-electron chi connectivity index (χ4n) is 1.26. The van der Waals surface area contributed by atoms with Crippen LogP contribution in [0.15, 0.2) is 24.3 Å². The second-order valence-electron chi connectivity index (χ2n) is 3.65. The number of hydrogen-bond acceptors (Lipinski definition) is 3. The highest BCUT2D eigenvalue weighted by atomic mass is 16.4. The van der Waals surface area contributed by atoms with Crippen molar-refractivity contribution in [2.45, 2.75) is 18.9 Å². The van der Waals surface area contributed by atoms with Crippen molar-refractivity contribution in [1.82, 2.24) is 5.31 Å². The van der Waals surface area contributed by atoms with Crippen LogP contribution in [0.25, 0.3) is 0 Å². The van der Waals surface area contributed by atoms with Gasteiger partial charge in [0.15, 0.2) is 0 Å². The Balaban J connectivity index is 2.93. The Labute approximate surface area is 90.0 Å². The van der Waals surface area contributed by atoms with E-state index in [9.17, 15) is 4.79 Å². The molecular weight excluding hydrogens is 194 g/mol. The summed E-state index contributed by atoms with van der Waals surface area (Å²) in [4.78, 5) is 11.1. The van der Waals surface area contributed by atoms with Crippen LogP contribution in [0.2, 0.25) is 1.41 Å². The highest BCUT2D eigenvalue weighted by molar-refractivity contribution is 5.78. The highest BCUT2D eigenvalue weighted by Gasteiger charge is 2.31. The Bertz CT molecular complexity index is 377. The van der Waals surface area contributed by atoms with E-state index in [1.165, 1.54) is 26.1 Å². The fraction of sp³-hybridized carbons (Fsp3) is 0.364. The summed E-state index contributed by atoms with van der Waals surface area (Å²) < 4.78 is 7.46. The number of carboxylic acids is 1. The summed E-state index contributed by atoms with van der Waals surface area (Å²) in [6, 6.07) is 6.31. The molecule has 0 spiro atoms. The summed E-state index contributed by atoms with van der Waals surface area (Å²) in [7, 11) is 1.41. The minimum absolute atomic E-state index is 0.139. The largest absolute Gasteiger partial charge is 0.508 e. The van der Waals surface area contributed by atoms with Crippen molar-refractivity contribution < 1.29 is 16.4 Å². The molecule has 1 aromatic rings. The number of rotatable bonds is 4. The van der Waals surface area contributed by atoms with Gasteiger partial charge >= 0.3 is 5.97 Å². The number of aliphatic carboxylic acids is 1. The second-order valence-corrected chi connectivity index (χ2v) is 3.65. The van der Waals surface area contributed by atoms with Crippen LogP contribution in [0, 0.1) is 0 Å². The zero-order valence-corrected chi connectivity index (χ0v) is 8.77. The average molecular weight is 210 g/mol. The summed E-state index contributed by atoms with van der Waals surface area (Å²) in [6.45, 7) is 1.50. The third-order valence-corrected chi connectivity index (χ3v) is 2.44.